The van der Waals surface area contributed by atoms with Crippen molar-refractivity contribution in [2.24, 2.45) is 0 Å². The summed E-state index contributed by atoms with van der Waals surface area (Å²) >= 11 is 1.68. The van der Waals surface area contributed by atoms with E-state index in [9.17, 15) is 0 Å². The highest BCUT2D eigenvalue weighted by Crippen LogP contribution is 2.31. The van der Waals surface area contributed by atoms with Gasteiger partial charge in [0.05, 0.1) is 21.6 Å². The van der Waals surface area contributed by atoms with Gasteiger partial charge in [-0.1, -0.05) is 29.5 Å². The molecule has 0 atom stereocenters. The Labute approximate surface area is 114 Å². The SMILES string of the molecule is Cc1cccnc1-c1cn2c(nc3ccccc32)s1. The number of thiazole rings is 1. The first-order chi connectivity index (χ1) is 9.33. The highest BCUT2D eigenvalue weighted by atomic mass is 32.1. The number of hydrogen-bond acceptors (Lipinski definition) is 3. The minimum atomic E-state index is 1.02. The highest BCUT2D eigenvalue weighted by molar-refractivity contribution is 7.20. The van der Waals surface area contributed by atoms with Gasteiger partial charge >= 0.3 is 0 Å². The van der Waals surface area contributed by atoms with E-state index in [1.54, 1.807) is 11.3 Å². The number of para-hydroxylation sites is 2. The van der Waals surface area contributed by atoms with Gasteiger partial charge < -0.3 is 0 Å². The predicted molar refractivity (Wildman–Crippen MR) is 78.5 cm³/mol. The van der Waals surface area contributed by atoms with Gasteiger partial charge in [0, 0.05) is 12.4 Å². The molecule has 0 spiro atoms. The van der Waals surface area contributed by atoms with Crippen molar-refractivity contribution in [2.75, 3.05) is 0 Å². The Hall–Kier alpha value is -2.20. The lowest BCUT2D eigenvalue weighted by Crippen LogP contribution is -1.84. The fraction of sp³-hybridized carbons (Fsp3) is 0.0667. The van der Waals surface area contributed by atoms with Gasteiger partial charge in [-0.25, -0.2) is 4.98 Å². The van der Waals surface area contributed by atoms with Crippen LogP contribution in [0.2, 0.25) is 0 Å². The smallest absolute Gasteiger partial charge is 0.195 e. The molecule has 0 saturated carbocycles. The van der Waals surface area contributed by atoms with Crippen molar-refractivity contribution in [3.63, 3.8) is 0 Å². The maximum Gasteiger partial charge on any atom is 0.195 e. The summed E-state index contributed by atoms with van der Waals surface area (Å²) in [4.78, 5) is 11.3. The van der Waals surface area contributed by atoms with Crippen molar-refractivity contribution < 1.29 is 0 Å². The van der Waals surface area contributed by atoms with Gasteiger partial charge in [-0.05, 0) is 30.7 Å². The minimum absolute atomic E-state index is 1.02. The number of aromatic nitrogens is 3. The van der Waals surface area contributed by atoms with Crippen LogP contribution < -0.4 is 0 Å². The van der Waals surface area contributed by atoms with E-state index in [0.717, 1.165) is 26.6 Å². The Morgan fingerprint density at radius 3 is 2.89 bits per heavy atom. The van der Waals surface area contributed by atoms with Crippen LogP contribution in [-0.2, 0) is 0 Å². The zero-order chi connectivity index (χ0) is 12.8. The summed E-state index contributed by atoms with van der Waals surface area (Å²) in [5.41, 5.74) is 4.42. The van der Waals surface area contributed by atoms with Crippen molar-refractivity contribution in [1.82, 2.24) is 14.4 Å². The summed E-state index contributed by atoms with van der Waals surface area (Å²) in [5, 5.41) is 0. The largest absolute Gasteiger partial charge is 0.290 e. The third-order valence-electron chi connectivity index (χ3n) is 3.25. The molecule has 4 aromatic rings. The number of imidazole rings is 1. The molecule has 92 valence electrons. The number of nitrogens with zero attached hydrogens (tertiary/aromatic N) is 3. The lowest BCUT2D eigenvalue weighted by Gasteiger charge is -1.99. The Morgan fingerprint density at radius 1 is 1.11 bits per heavy atom. The van der Waals surface area contributed by atoms with Crippen LogP contribution in [0.15, 0.2) is 48.8 Å². The molecule has 0 N–H and O–H groups in total. The van der Waals surface area contributed by atoms with E-state index in [0.29, 0.717) is 0 Å². The number of benzene rings is 1. The van der Waals surface area contributed by atoms with Gasteiger partial charge in [0.25, 0.3) is 0 Å². The van der Waals surface area contributed by atoms with E-state index >= 15 is 0 Å². The van der Waals surface area contributed by atoms with Gasteiger partial charge in [-0.15, -0.1) is 0 Å². The molecule has 0 unspecified atom stereocenters. The number of aryl methyl sites for hydroxylation is 1. The van der Waals surface area contributed by atoms with Crippen LogP contribution in [0.4, 0.5) is 0 Å². The first kappa shape index (κ1) is 10.7. The molecule has 0 saturated heterocycles. The molecule has 0 aliphatic heterocycles. The van der Waals surface area contributed by atoms with E-state index in [2.05, 4.69) is 39.6 Å². The predicted octanol–water partition coefficient (Wildman–Crippen LogP) is 3.92. The molecule has 0 radical (unpaired) electrons. The molecule has 0 aliphatic carbocycles. The number of rotatable bonds is 1. The molecule has 4 rings (SSSR count). The van der Waals surface area contributed by atoms with E-state index in [1.807, 2.05) is 30.5 Å². The molecule has 3 nitrogen and oxygen atoms in total. The van der Waals surface area contributed by atoms with Crippen LogP contribution in [0.5, 0.6) is 0 Å². The first-order valence-electron chi connectivity index (χ1n) is 6.11. The van der Waals surface area contributed by atoms with Crippen molar-refractivity contribution in [3.8, 4) is 10.6 Å². The fourth-order valence-electron chi connectivity index (χ4n) is 2.31. The van der Waals surface area contributed by atoms with Gasteiger partial charge in [0.2, 0.25) is 0 Å². The van der Waals surface area contributed by atoms with Gasteiger partial charge in [-0.2, -0.15) is 0 Å². The summed E-state index contributed by atoms with van der Waals surface area (Å²) in [6, 6.07) is 12.2. The average molecular weight is 265 g/mol. The van der Waals surface area contributed by atoms with Gasteiger partial charge in [0.15, 0.2) is 4.96 Å². The third-order valence-corrected chi connectivity index (χ3v) is 4.24. The van der Waals surface area contributed by atoms with E-state index < -0.39 is 0 Å². The second-order valence-corrected chi connectivity index (χ2v) is 5.53. The zero-order valence-electron chi connectivity index (χ0n) is 10.4. The molecule has 0 bridgehead atoms. The van der Waals surface area contributed by atoms with Crippen molar-refractivity contribution in [1.29, 1.82) is 0 Å². The zero-order valence-corrected chi connectivity index (χ0v) is 11.2. The molecule has 4 heteroatoms. The van der Waals surface area contributed by atoms with Crippen molar-refractivity contribution in [3.05, 3.63) is 54.4 Å². The highest BCUT2D eigenvalue weighted by Gasteiger charge is 2.11. The van der Waals surface area contributed by atoms with Crippen LogP contribution in [0.1, 0.15) is 5.56 Å². The first-order valence-corrected chi connectivity index (χ1v) is 6.93. The molecule has 0 aliphatic rings. The second kappa shape index (κ2) is 3.90. The van der Waals surface area contributed by atoms with Crippen LogP contribution in [0.25, 0.3) is 26.6 Å². The third kappa shape index (κ3) is 1.57. The van der Waals surface area contributed by atoms with Crippen molar-refractivity contribution in [2.45, 2.75) is 6.92 Å². The van der Waals surface area contributed by atoms with E-state index in [4.69, 9.17) is 0 Å². The summed E-state index contributed by atoms with van der Waals surface area (Å²) in [7, 11) is 0. The lowest BCUT2D eigenvalue weighted by atomic mass is 10.2. The molecular formula is C15H11N3S. The maximum atomic E-state index is 4.64. The summed E-state index contributed by atoms with van der Waals surface area (Å²) in [6.45, 7) is 2.09. The van der Waals surface area contributed by atoms with Crippen LogP contribution in [0, 0.1) is 6.92 Å². The minimum Gasteiger partial charge on any atom is -0.290 e. The normalized spacial score (nSPS) is 11.4. The summed E-state index contributed by atoms with van der Waals surface area (Å²) < 4.78 is 2.14. The molecule has 1 aromatic carbocycles. The quantitative estimate of drug-likeness (QED) is 0.522. The lowest BCUT2D eigenvalue weighted by molar-refractivity contribution is 1.25. The second-order valence-electron chi connectivity index (χ2n) is 4.52. The molecule has 3 heterocycles. The van der Waals surface area contributed by atoms with Crippen molar-refractivity contribution >= 4 is 27.3 Å². The topological polar surface area (TPSA) is 30.2 Å². The number of fused-ring (bicyclic) bond motifs is 3. The van der Waals surface area contributed by atoms with E-state index in [1.165, 1.54) is 5.56 Å². The van der Waals surface area contributed by atoms with E-state index in [-0.39, 0.29) is 0 Å². The summed E-state index contributed by atoms with van der Waals surface area (Å²) in [5.74, 6) is 0. The molecule has 0 fully saturated rings. The Bertz CT molecular complexity index is 889. The average Bonchev–Trinajstić information content (AvgIpc) is 2.96. The molecule has 0 amide bonds. The van der Waals surface area contributed by atoms with Gasteiger partial charge in [0.1, 0.15) is 0 Å². The van der Waals surface area contributed by atoms with Crippen LogP contribution in [0.3, 0.4) is 0 Å². The Morgan fingerprint density at radius 2 is 2.00 bits per heavy atom. The Kier molecular flexibility index (Phi) is 2.19. The van der Waals surface area contributed by atoms with Crippen LogP contribution in [-0.4, -0.2) is 14.4 Å². The fourth-order valence-corrected chi connectivity index (χ4v) is 3.37. The molecule has 19 heavy (non-hydrogen) atoms. The number of hydrogen-bond donors (Lipinski definition) is 0. The monoisotopic (exact) mass is 265 g/mol. The maximum absolute atomic E-state index is 4.64. The molecule has 3 aromatic heterocycles. The van der Waals surface area contributed by atoms with Crippen LogP contribution >= 0.6 is 11.3 Å². The number of pyridine rings is 1. The molecular weight excluding hydrogens is 254 g/mol. The Balaban J connectivity index is 2.00. The summed E-state index contributed by atoms with van der Waals surface area (Å²) in [6.07, 6.45) is 3.97. The van der Waals surface area contributed by atoms with Gasteiger partial charge in [-0.3, -0.25) is 9.38 Å². The standard InChI is InChI=1S/C15H11N3S/c1-10-5-4-8-16-14(10)13-9-18-12-7-3-2-6-11(12)17-15(18)19-13/h2-9H,1H3.